The Kier molecular flexibility index (Phi) is 5.28. The predicted molar refractivity (Wildman–Crippen MR) is 73.6 cm³/mol. The molecule has 0 saturated heterocycles. The third-order valence-corrected chi connectivity index (χ3v) is 3.76. The molecule has 4 nitrogen and oxygen atoms in total. The Morgan fingerprint density at radius 2 is 2.28 bits per heavy atom. The van der Waals surface area contributed by atoms with Crippen molar-refractivity contribution in [3.05, 3.63) is 16.1 Å². The summed E-state index contributed by atoms with van der Waals surface area (Å²) in [7, 11) is 0. The van der Waals surface area contributed by atoms with Crippen molar-refractivity contribution in [3.8, 4) is 0 Å². The Bertz CT molecular complexity index is 401. The highest BCUT2D eigenvalue weighted by atomic mass is 32.1. The van der Waals surface area contributed by atoms with Gasteiger partial charge < -0.3 is 4.74 Å². The molecule has 0 spiro atoms. The molecule has 0 saturated carbocycles. The van der Waals surface area contributed by atoms with Crippen LogP contribution in [-0.4, -0.2) is 22.5 Å². The zero-order valence-electron chi connectivity index (χ0n) is 11.7. The molecule has 1 N–H and O–H groups in total. The van der Waals surface area contributed by atoms with E-state index in [-0.39, 0.29) is 17.6 Å². The quantitative estimate of drug-likeness (QED) is 0.807. The molecule has 1 rings (SSSR count). The molecule has 5 heteroatoms. The number of aryl methyl sites for hydroxylation is 1. The van der Waals surface area contributed by atoms with E-state index in [4.69, 9.17) is 4.74 Å². The van der Waals surface area contributed by atoms with Gasteiger partial charge in [0, 0.05) is 11.7 Å². The van der Waals surface area contributed by atoms with Crippen LogP contribution in [0.25, 0.3) is 0 Å². The second-order valence-electron chi connectivity index (χ2n) is 5.06. The molecular weight excluding hydrogens is 248 g/mol. The number of nitrogens with one attached hydrogen (secondary N) is 1. The van der Waals surface area contributed by atoms with Crippen molar-refractivity contribution in [3.63, 3.8) is 0 Å². The molecule has 1 aromatic rings. The molecule has 0 aromatic carbocycles. The highest BCUT2D eigenvalue weighted by Gasteiger charge is 2.23. The van der Waals surface area contributed by atoms with Crippen molar-refractivity contribution in [2.75, 3.05) is 0 Å². The van der Waals surface area contributed by atoms with Gasteiger partial charge in [0.2, 0.25) is 0 Å². The largest absolute Gasteiger partial charge is 0.459 e. The van der Waals surface area contributed by atoms with Crippen molar-refractivity contribution >= 4 is 17.3 Å². The first-order valence-corrected chi connectivity index (χ1v) is 7.01. The van der Waals surface area contributed by atoms with Gasteiger partial charge in [-0.1, -0.05) is 6.92 Å². The lowest BCUT2D eigenvalue weighted by Gasteiger charge is -2.27. The normalized spacial score (nSPS) is 13.4. The third kappa shape index (κ3) is 4.74. The number of thiazole rings is 1. The molecule has 1 heterocycles. The summed E-state index contributed by atoms with van der Waals surface area (Å²) in [6, 6.07) is -0.297. The highest BCUT2D eigenvalue weighted by molar-refractivity contribution is 7.11. The summed E-state index contributed by atoms with van der Waals surface area (Å²) in [6.45, 7) is 10.3. The second kappa shape index (κ2) is 6.29. The Morgan fingerprint density at radius 1 is 1.61 bits per heavy atom. The van der Waals surface area contributed by atoms with Gasteiger partial charge in [-0.25, -0.2) is 4.98 Å². The van der Waals surface area contributed by atoms with Gasteiger partial charge in [0.25, 0.3) is 0 Å². The van der Waals surface area contributed by atoms with E-state index in [1.165, 1.54) is 0 Å². The molecule has 0 aliphatic rings. The zero-order chi connectivity index (χ0) is 13.8. The number of ether oxygens (including phenoxy) is 1. The van der Waals surface area contributed by atoms with Crippen LogP contribution in [-0.2, 0) is 16.1 Å². The van der Waals surface area contributed by atoms with Crippen molar-refractivity contribution in [1.82, 2.24) is 10.3 Å². The molecule has 0 unspecified atom stereocenters. The van der Waals surface area contributed by atoms with Gasteiger partial charge in [-0.3, -0.25) is 10.1 Å². The van der Waals surface area contributed by atoms with Crippen LogP contribution in [0.1, 0.15) is 44.0 Å². The van der Waals surface area contributed by atoms with E-state index >= 15 is 0 Å². The minimum absolute atomic E-state index is 0.0560. The van der Waals surface area contributed by atoms with Crippen LogP contribution in [0.2, 0.25) is 0 Å². The van der Waals surface area contributed by atoms with Gasteiger partial charge in [0.15, 0.2) is 0 Å². The van der Waals surface area contributed by atoms with E-state index in [2.05, 4.69) is 31.1 Å². The van der Waals surface area contributed by atoms with Crippen LogP contribution < -0.4 is 5.32 Å². The van der Waals surface area contributed by atoms with Crippen molar-refractivity contribution in [1.29, 1.82) is 0 Å². The van der Waals surface area contributed by atoms with Crippen LogP contribution in [0, 0.1) is 6.92 Å². The minimum atomic E-state index is -0.297. The predicted octanol–water partition coefficient (Wildman–Crippen LogP) is 2.66. The molecule has 0 aliphatic heterocycles. The Labute approximate surface area is 113 Å². The summed E-state index contributed by atoms with van der Waals surface area (Å²) in [4.78, 5) is 16.9. The Morgan fingerprint density at radius 3 is 2.78 bits per heavy atom. The molecular formula is C13H22N2O2S. The van der Waals surface area contributed by atoms with E-state index in [9.17, 15) is 4.79 Å². The summed E-state index contributed by atoms with van der Waals surface area (Å²) < 4.78 is 5.26. The fourth-order valence-corrected chi connectivity index (χ4v) is 2.19. The summed E-state index contributed by atoms with van der Waals surface area (Å²) in [6.07, 6.45) is 2.71. The fraction of sp³-hybridized carbons (Fsp3) is 0.692. The molecule has 102 valence electrons. The molecule has 0 radical (unpaired) electrons. The van der Waals surface area contributed by atoms with Gasteiger partial charge in [-0.05, 0) is 34.1 Å². The first kappa shape index (κ1) is 15.1. The number of hydrogen-bond donors (Lipinski definition) is 1. The average molecular weight is 270 g/mol. The molecule has 1 atom stereocenters. The first-order valence-electron chi connectivity index (χ1n) is 6.19. The van der Waals surface area contributed by atoms with Crippen molar-refractivity contribution < 1.29 is 9.53 Å². The molecule has 0 bridgehead atoms. The number of carbonyl (C=O) groups excluding carboxylic acids is 1. The Hall–Kier alpha value is -0.940. The van der Waals surface area contributed by atoms with Gasteiger partial charge >= 0.3 is 5.97 Å². The second-order valence-corrected chi connectivity index (χ2v) is 6.38. The third-order valence-electron chi connectivity index (χ3n) is 2.87. The first-order chi connectivity index (χ1) is 8.34. The van der Waals surface area contributed by atoms with Gasteiger partial charge in [0.05, 0.1) is 9.88 Å². The molecule has 0 amide bonds. The number of rotatable bonds is 6. The molecule has 0 fully saturated rings. The molecule has 18 heavy (non-hydrogen) atoms. The maximum atomic E-state index is 11.8. The lowest BCUT2D eigenvalue weighted by Crippen LogP contribution is -2.48. The maximum absolute atomic E-state index is 11.8. The van der Waals surface area contributed by atoms with Crippen LogP contribution in [0.3, 0.4) is 0 Å². The zero-order valence-corrected chi connectivity index (χ0v) is 12.6. The lowest BCUT2D eigenvalue weighted by molar-refractivity contribution is -0.147. The molecule has 0 aliphatic carbocycles. The van der Waals surface area contributed by atoms with Gasteiger partial charge in [-0.2, -0.15) is 0 Å². The van der Waals surface area contributed by atoms with Crippen LogP contribution in [0.15, 0.2) is 6.20 Å². The van der Waals surface area contributed by atoms with Crippen LogP contribution in [0.5, 0.6) is 0 Å². The fourth-order valence-electron chi connectivity index (χ4n) is 1.49. The van der Waals surface area contributed by atoms with Crippen LogP contribution in [0.4, 0.5) is 0 Å². The van der Waals surface area contributed by atoms with E-state index in [0.29, 0.717) is 6.61 Å². The number of esters is 1. The SMILES string of the molecule is CCC(C)(C)N[C@@H](C)C(=O)OCc1cnc(C)s1. The van der Waals surface area contributed by atoms with E-state index in [0.717, 1.165) is 16.3 Å². The van der Waals surface area contributed by atoms with E-state index < -0.39 is 0 Å². The monoisotopic (exact) mass is 270 g/mol. The topological polar surface area (TPSA) is 51.2 Å². The Balaban J connectivity index is 2.41. The van der Waals surface area contributed by atoms with Gasteiger partial charge in [-0.15, -0.1) is 11.3 Å². The number of hydrogen-bond acceptors (Lipinski definition) is 5. The average Bonchev–Trinajstić information content (AvgIpc) is 2.71. The number of nitrogens with zero attached hydrogens (tertiary/aromatic N) is 1. The van der Waals surface area contributed by atoms with Gasteiger partial charge in [0.1, 0.15) is 12.6 Å². The van der Waals surface area contributed by atoms with E-state index in [1.54, 1.807) is 17.5 Å². The molecule has 1 aromatic heterocycles. The van der Waals surface area contributed by atoms with Crippen LogP contribution >= 0.6 is 11.3 Å². The number of aromatic nitrogens is 1. The standard InChI is InChI=1S/C13H22N2O2S/c1-6-13(4,5)15-9(2)12(16)17-8-11-7-14-10(3)18-11/h7,9,15H,6,8H2,1-5H3/t9-/m0/s1. The highest BCUT2D eigenvalue weighted by Crippen LogP contribution is 2.13. The smallest absolute Gasteiger partial charge is 0.323 e. The minimum Gasteiger partial charge on any atom is -0.459 e. The lowest BCUT2D eigenvalue weighted by atomic mass is 10.0. The summed E-state index contributed by atoms with van der Waals surface area (Å²) in [5.41, 5.74) is -0.0560. The van der Waals surface area contributed by atoms with Crippen molar-refractivity contribution in [2.24, 2.45) is 0 Å². The maximum Gasteiger partial charge on any atom is 0.323 e. The number of carbonyl (C=O) groups is 1. The summed E-state index contributed by atoms with van der Waals surface area (Å²) >= 11 is 1.55. The van der Waals surface area contributed by atoms with Crippen molar-refractivity contribution in [2.45, 2.75) is 59.2 Å². The van der Waals surface area contributed by atoms with E-state index in [1.807, 2.05) is 13.8 Å². The summed E-state index contributed by atoms with van der Waals surface area (Å²) in [5, 5.41) is 4.25. The summed E-state index contributed by atoms with van der Waals surface area (Å²) in [5.74, 6) is -0.220.